The molecule has 13 heteroatoms. The van der Waals surface area contributed by atoms with E-state index in [0.29, 0.717) is 27.3 Å². The number of carbonyl (C=O) groups is 4. The molecule has 4 atom stereocenters. The fourth-order valence-corrected chi connectivity index (χ4v) is 6.48. The summed E-state index contributed by atoms with van der Waals surface area (Å²) in [6.45, 7) is -0.347. The van der Waals surface area contributed by atoms with Gasteiger partial charge in [-0.05, 0) is 36.4 Å². The third-order valence-corrected chi connectivity index (χ3v) is 9.19. The number of Topliss-reactive ketones (excluding diaryl/α,β-unsaturated/α-hetero) is 1. The normalized spacial score (nSPS) is 18.1. The van der Waals surface area contributed by atoms with E-state index in [1.54, 1.807) is 120 Å². The maximum absolute atomic E-state index is 13.6. The molecule has 0 radical (unpaired) electrons. The molecule has 0 bridgehead atoms. The Labute approximate surface area is 301 Å². The lowest BCUT2D eigenvalue weighted by molar-refractivity contribution is -0.0606. The van der Waals surface area contributed by atoms with Crippen LogP contribution in [-0.4, -0.2) is 73.9 Å². The van der Waals surface area contributed by atoms with Crippen molar-refractivity contribution in [2.75, 3.05) is 12.4 Å². The van der Waals surface area contributed by atoms with Crippen LogP contribution in [0.4, 0.5) is 0 Å². The number of ether oxygens (including phenoxy) is 4. The van der Waals surface area contributed by atoms with Gasteiger partial charge < -0.3 is 18.9 Å². The van der Waals surface area contributed by atoms with Gasteiger partial charge in [-0.3, -0.25) is 9.36 Å². The summed E-state index contributed by atoms with van der Waals surface area (Å²) in [6, 6.07) is 34.0. The van der Waals surface area contributed by atoms with Crippen molar-refractivity contribution in [1.29, 1.82) is 0 Å². The molecule has 0 spiro atoms. The predicted octanol–water partition coefficient (Wildman–Crippen LogP) is 6.01. The maximum atomic E-state index is 13.6. The molecule has 3 heterocycles. The molecule has 7 rings (SSSR count). The number of fused-ring (bicyclic) bond motifs is 1. The molecule has 260 valence electrons. The van der Waals surface area contributed by atoms with E-state index < -0.39 is 42.4 Å². The number of ketones is 1. The Morgan fingerprint density at radius 3 is 1.73 bits per heavy atom. The highest BCUT2D eigenvalue weighted by atomic mass is 32.2. The van der Waals surface area contributed by atoms with Crippen LogP contribution >= 0.6 is 11.8 Å². The molecule has 1 aliphatic rings. The van der Waals surface area contributed by atoms with Crippen molar-refractivity contribution in [2.45, 2.75) is 29.6 Å². The first kappa shape index (κ1) is 34.3. The number of nitrogens with zero attached hydrogens (tertiary/aromatic N) is 4. The summed E-state index contributed by atoms with van der Waals surface area (Å²) in [5.74, 6) is -2.00. The molecule has 0 aliphatic carbocycles. The van der Waals surface area contributed by atoms with E-state index >= 15 is 0 Å². The number of rotatable bonds is 12. The zero-order valence-corrected chi connectivity index (χ0v) is 28.2. The zero-order chi connectivity index (χ0) is 35.9. The van der Waals surface area contributed by atoms with Crippen molar-refractivity contribution in [3.05, 3.63) is 156 Å². The average Bonchev–Trinajstić information content (AvgIpc) is 3.78. The molecule has 1 saturated heterocycles. The third kappa shape index (κ3) is 7.60. The van der Waals surface area contributed by atoms with Gasteiger partial charge in [0, 0.05) is 5.56 Å². The quantitative estimate of drug-likeness (QED) is 0.0481. The molecule has 6 aromatic rings. The number of benzene rings is 4. The minimum Gasteiger partial charge on any atom is -0.459 e. The van der Waals surface area contributed by atoms with Crippen molar-refractivity contribution < 1.29 is 38.1 Å². The number of carbonyl (C=O) groups excluding carboxylic acids is 4. The summed E-state index contributed by atoms with van der Waals surface area (Å²) in [5.41, 5.74) is 2.09. The summed E-state index contributed by atoms with van der Waals surface area (Å²) in [4.78, 5) is 66.3. The first-order chi connectivity index (χ1) is 25.5. The lowest BCUT2D eigenvalue weighted by atomic mass is 10.1. The first-order valence-electron chi connectivity index (χ1n) is 16.2. The standard InChI is InChI=1S/C39H30N4O8S/c44-29(25-13-5-1-6-14-25)22-52-35-31-34(40-23-41-35)43(24-42-31)36-33(51-39(47)28-19-11-4-12-20-28)32(50-38(46)27-17-9-3-10-18-27)30(49-36)21-48-37(45)26-15-7-2-8-16-26/h1-20,23-24,30,32-33,36H,21-22H2/t30-,32-,33-,36-/m1/s1. The second kappa shape index (κ2) is 15.8. The van der Waals surface area contributed by atoms with E-state index in [-0.39, 0.29) is 29.3 Å². The van der Waals surface area contributed by atoms with Crippen LogP contribution in [0.1, 0.15) is 47.7 Å². The summed E-state index contributed by atoms with van der Waals surface area (Å²) < 4.78 is 25.8. The Kier molecular flexibility index (Phi) is 10.4. The minimum atomic E-state index is -1.26. The van der Waals surface area contributed by atoms with Crippen LogP contribution in [-0.2, 0) is 18.9 Å². The summed E-state index contributed by atoms with van der Waals surface area (Å²) in [7, 11) is 0. The summed E-state index contributed by atoms with van der Waals surface area (Å²) in [5, 5.41) is 0.448. The molecule has 0 amide bonds. The molecule has 0 N–H and O–H groups in total. The van der Waals surface area contributed by atoms with Gasteiger partial charge in [0.05, 0.1) is 28.8 Å². The van der Waals surface area contributed by atoms with Gasteiger partial charge in [-0.25, -0.2) is 29.3 Å². The fraction of sp³-hybridized carbons (Fsp3) is 0.154. The number of esters is 3. The maximum Gasteiger partial charge on any atom is 0.338 e. The van der Waals surface area contributed by atoms with Crippen molar-refractivity contribution in [3.63, 3.8) is 0 Å². The number of hydrogen-bond donors (Lipinski definition) is 0. The van der Waals surface area contributed by atoms with E-state index in [4.69, 9.17) is 18.9 Å². The van der Waals surface area contributed by atoms with Gasteiger partial charge in [0.15, 0.2) is 29.9 Å². The molecule has 0 saturated carbocycles. The lowest BCUT2D eigenvalue weighted by Crippen LogP contribution is -2.41. The SMILES string of the molecule is O=C(CSc1ncnc2c1ncn2[C@@H]1O[C@H](COC(=O)c2ccccc2)[C@@H](OC(=O)c2ccccc2)[C@H]1OC(=O)c1ccccc1)c1ccccc1. The Morgan fingerprint density at radius 1 is 0.635 bits per heavy atom. The summed E-state index contributed by atoms with van der Waals surface area (Å²) in [6.07, 6.45) is -1.96. The Morgan fingerprint density at radius 2 is 1.15 bits per heavy atom. The second-order valence-electron chi connectivity index (χ2n) is 11.6. The van der Waals surface area contributed by atoms with Crippen LogP contribution < -0.4 is 0 Å². The highest BCUT2D eigenvalue weighted by Gasteiger charge is 2.52. The van der Waals surface area contributed by atoms with E-state index in [9.17, 15) is 19.2 Å². The van der Waals surface area contributed by atoms with Crippen LogP contribution in [0.25, 0.3) is 11.2 Å². The van der Waals surface area contributed by atoms with Gasteiger partial charge >= 0.3 is 17.9 Å². The monoisotopic (exact) mass is 714 g/mol. The molecule has 0 unspecified atom stereocenters. The molecule has 1 fully saturated rings. The predicted molar refractivity (Wildman–Crippen MR) is 189 cm³/mol. The van der Waals surface area contributed by atoms with E-state index in [1.807, 2.05) is 6.07 Å². The summed E-state index contributed by atoms with van der Waals surface area (Å²) >= 11 is 1.20. The minimum absolute atomic E-state index is 0.0835. The Bertz CT molecular complexity index is 2190. The Hall–Kier alpha value is -6.18. The van der Waals surface area contributed by atoms with Crippen molar-refractivity contribution in [1.82, 2.24) is 19.5 Å². The van der Waals surface area contributed by atoms with Crippen LogP contribution in [0.2, 0.25) is 0 Å². The van der Waals surface area contributed by atoms with Crippen LogP contribution in [0.3, 0.4) is 0 Å². The zero-order valence-electron chi connectivity index (χ0n) is 27.4. The van der Waals surface area contributed by atoms with Gasteiger partial charge in [0.1, 0.15) is 29.6 Å². The molecule has 52 heavy (non-hydrogen) atoms. The van der Waals surface area contributed by atoms with Crippen molar-refractivity contribution >= 4 is 46.6 Å². The van der Waals surface area contributed by atoms with Gasteiger partial charge in [-0.1, -0.05) is 96.7 Å². The Balaban J connectivity index is 1.22. The highest BCUT2D eigenvalue weighted by molar-refractivity contribution is 8.00. The molecule has 1 aliphatic heterocycles. The number of imidazole rings is 1. The van der Waals surface area contributed by atoms with E-state index in [1.165, 1.54) is 24.4 Å². The van der Waals surface area contributed by atoms with Gasteiger partial charge in [-0.2, -0.15) is 0 Å². The second-order valence-corrected chi connectivity index (χ2v) is 12.5. The van der Waals surface area contributed by atoms with Crippen LogP contribution in [0.5, 0.6) is 0 Å². The van der Waals surface area contributed by atoms with Gasteiger partial charge in [0.25, 0.3) is 0 Å². The molecule has 2 aromatic heterocycles. The van der Waals surface area contributed by atoms with E-state index in [0.717, 1.165) is 0 Å². The highest BCUT2D eigenvalue weighted by Crippen LogP contribution is 2.37. The molecular formula is C39H30N4O8S. The van der Waals surface area contributed by atoms with Crippen LogP contribution in [0.15, 0.2) is 139 Å². The number of thioether (sulfide) groups is 1. The molecular weight excluding hydrogens is 685 g/mol. The fourth-order valence-electron chi connectivity index (χ4n) is 5.64. The topological polar surface area (TPSA) is 149 Å². The third-order valence-electron chi connectivity index (χ3n) is 8.21. The number of hydrogen-bond acceptors (Lipinski definition) is 12. The average molecular weight is 715 g/mol. The van der Waals surface area contributed by atoms with Crippen molar-refractivity contribution in [3.8, 4) is 0 Å². The van der Waals surface area contributed by atoms with Gasteiger partial charge in [-0.15, -0.1) is 0 Å². The van der Waals surface area contributed by atoms with Gasteiger partial charge in [0.2, 0.25) is 0 Å². The van der Waals surface area contributed by atoms with E-state index in [2.05, 4.69) is 15.0 Å². The molecule has 12 nitrogen and oxygen atoms in total. The van der Waals surface area contributed by atoms with Crippen LogP contribution in [0, 0.1) is 0 Å². The number of aromatic nitrogens is 4. The smallest absolute Gasteiger partial charge is 0.338 e. The molecule has 4 aromatic carbocycles. The first-order valence-corrected chi connectivity index (χ1v) is 17.2. The largest absolute Gasteiger partial charge is 0.459 e. The van der Waals surface area contributed by atoms with Crippen molar-refractivity contribution in [2.24, 2.45) is 0 Å². The lowest BCUT2D eigenvalue weighted by Gasteiger charge is -2.25.